The maximum Gasteiger partial charge on any atom is 0.340 e. The minimum atomic E-state index is -0.899. The van der Waals surface area contributed by atoms with Gasteiger partial charge in [-0.25, -0.2) is 9.78 Å². The molecular weight excluding hydrogens is 424 g/mol. The van der Waals surface area contributed by atoms with Crippen LogP contribution in [0.15, 0.2) is 29.6 Å². The molecule has 0 radical (unpaired) electrons. The number of aryl methyl sites for hydroxylation is 1. The number of thiazole rings is 1. The number of nitrogens with zero attached hydrogens (tertiary/aromatic N) is 3. The maximum atomic E-state index is 13.5. The second-order valence-electron chi connectivity index (χ2n) is 8.04. The summed E-state index contributed by atoms with van der Waals surface area (Å²) >= 11 is 1.35. The number of nitrogens with one attached hydrogen (secondary N) is 1. The Kier molecular flexibility index (Phi) is 6.81. The van der Waals surface area contributed by atoms with Crippen LogP contribution in [0.5, 0.6) is 0 Å². The van der Waals surface area contributed by atoms with Crippen molar-refractivity contribution in [2.24, 2.45) is 0 Å². The van der Waals surface area contributed by atoms with Crippen molar-refractivity contribution in [2.45, 2.75) is 52.7 Å². The minimum Gasteiger partial charge on any atom is -0.449 e. The van der Waals surface area contributed by atoms with Gasteiger partial charge >= 0.3 is 5.97 Å². The molecule has 0 saturated carbocycles. The van der Waals surface area contributed by atoms with Crippen LogP contribution in [0.25, 0.3) is 10.9 Å². The second-order valence-corrected chi connectivity index (χ2v) is 8.90. The van der Waals surface area contributed by atoms with Crippen LogP contribution >= 0.6 is 11.3 Å². The van der Waals surface area contributed by atoms with E-state index < -0.39 is 12.1 Å². The quantitative estimate of drug-likeness (QED) is 0.537. The Morgan fingerprint density at radius 1 is 1.25 bits per heavy atom. The first-order chi connectivity index (χ1) is 15.5. The van der Waals surface area contributed by atoms with E-state index in [1.807, 2.05) is 43.5 Å². The fourth-order valence-electron chi connectivity index (χ4n) is 4.09. The van der Waals surface area contributed by atoms with Crippen LogP contribution in [0.1, 0.15) is 54.0 Å². The summed E-state index contributed by atoms with van der Waals surface area (Å²) in [5.74, 6) is -0.842. The monoisotopic (exact) mass is 452 g/mol. The number of benzene rings is 1. The molecule has 32 heavy (non-hydrogen) atoms. The molecule has 4 rings (SSSR count). The summed E-state index contributed by atoms with van der Waals surface area (Å²) < 4.78 is 5.78. The summed E-state index contributed by atoms with van der Waals surface area (Å²) in [5, 5.41) is 5.89. The second kappa shape index (κ2) is 9.75. The van der Waals surface area contributed by atoms with Crippen molar-refractivity contribution in [3.63, 3.8) is 0 Å². The number of ether oxygens (including phenoxy) is 1. The van der Waals surface area contributed by atoms with E-state index in [2.05, 4.69) is 22.1 Å². The number of anilines is 1. The van der Waals surface area contributed by atoms with Crippen molar-refractivity contribution in [3.05, 3.63) is 52.2 Å². The number of esters is 1. The lowest BCUT2D eigenvalue weighted by Gasteiger charge is -2.29. The highest BCUT2D eigenvalue weighted by atomic mass is 32.1. The van der Waals surface area contributed by atoms with Gasteiger partial charge in [-0.15, -0.1) is 11.3 Å². The fraction of sp³-hybridized carbons (Fsp3) is 0.417. The standard InChI is InChI=1S/C24H28N4O3S/c1-4-11-28-12-10-19-17(13-28)21(16-8-6-7-9-18(16)26-19)23(30)31-20(5-2)22(29)27-24-25-15(3)14-32-24/h6-9,14,20H,4-5,10-13H2,1-3H3,(H,25,27,29). The largest absolute Gasteiger partial charge is 0.449 e. The van der Waals surface area contributed by atoms with Gasteiger partial charge in [-0.2, -0.15) is 0 Å². The minimum absolute atomic E-state index is 0.366. The predicted molar refractivity (Wildman–Crippen MR) is 126 cm³/mol. The lowest BCUT2D eigenvalue weighted by molar-refractivity contribution is -0.124. The van der Waals surface area contributed by atoms with Crippen molar-refractivity contribution < 1.29 is 14.3 Å². The third-order valence-corrected chi connectivity index (χ3v) is 6.51. The van der Waals surface area contributed by atoms with Gasteiger partial charge in [0.25, 0.3) is 5.91 Å². The normalized spacial score (nSPS) is 14.7. The molecule has 1 aliphatic heterocycles. The number of rotatable bonds is 7. The average molecular weight is 453 g/mol. The number of carbonyl (C=O) groups excluding carboxylic acids is 2. The van der Waals surface area contributed by atoms with Gasteiger partial charge in [-0.1, -0.05) is 32.0 Å². The molecule has 0 bridgehead atoms. The molecule has 1 N–H and O–H groups in total. The topological polar surface area (TPSA) is 84.4 Å². The van der Waals surface area contributed by atoms with Crippen LogP contribution in [0.3, 0.4) is 0 Å². The number of aromatic nitrogens is 2. The van der Waals surface area contributed by atoms with Gasteiger partial charge in [0, 0.05) is 41.5 Å². The van der Waals surface area contributed by atoms with Crippen molar-refractivity contribution in [2.75, 3.05) is 18.4 Å². The number of carbonyl (C=O) groups is 2. The molecule has 1 amide bonds. The Balaban J connectivity index is 1.64. The van der Waals surface area contributed by atoms with Gasteiger partial charge in [0.15, 0.2) is 11.2 Å². The molecule has 3 heterocycles. The molecule has 8 heteroatoms. The third-order valence-electron chi connectivity index (χ3n) is 5.63. The van der Waals surface area contributed by atoms with Crippen molar-refractivity contribution >= 4 is 39.2 Å². The van der Waals surface area contributed by atoms with E-state index in [0.717, 1.165) is 53.8 Å². The average Bonchev–Trinajstić information content (AvgIpc) is 3.20. The summed E-state index contributed by atoms with van der Waals surface area (Å²) in [4.78, 5) is 37.7. The first-order valence-corrected chi connectivity index (χ1v) is 11.9. The Morgan fingerprint density at radius 3 is 2.78 bits per heavy atom. The van der Waals surface area contributed by atoms with E-state index in [1.54, 1.807) is 0 Å². The van der Waals surface area contributed by atoms with E-state index in [0.29, 0.717) is 23.7 Å². The number of para-hydroxylation sites is 1. The lowest BCUT2D eigenvalue weighted by Crippen LogP contribution is -2.35. The van der Waals surface area contributed by atoms with Crippen molar-refractivity contribution in [1.82, 2.24) is 14.9 Å². The third kappa shape index (κ3) is 4.66. The van der Waals surface area contributed by atoms with Gasteiger partial charge in [0.1, 0.15) is 0 Å². The summed E-state index contributed by atoms with van der Waals surface area (Å²) in [6, 6.07) is 7.63. The molecule has 0 spiro atoms. The summed E-state index contributed by atoms with van der Waals surface area (Å²) in [6.45, 7) is 8.39. The molecule has 2 aromatic heterocycles. The number of hydrogen-bond donors (Lipinski definition) is 1. The van der Waals surface area contributed by atoms with Crippen molar-refractivity contribution in [1.29, 1.82) is 0 Å². The van der Waals surface area contributed by atoms with Gasteiger partial charge < -0.3 is 4.74 Å². The zero-order valence-electron chi connectivity index (χ0n) is 18.7. The highest BCUT2D eigenvalue weighted by Gasteiger charge is 2.29. The molecular formula is C24H28N4O3S. The lowest BCUT2D eigenvalue weighted by atomic mass is 9.95. The summed E-state index contributed by atoms with van der Waals surface area (Å²) in [5.41, 5.74) is 4.00. The number of pyridine rings is 1. The smallest absolute Gasteiger partial charge is 0.340 e. The number of amides is 1. The molecule has 0 saturated heterocycles. The van der Waals surface area contributed by atoms with Gasteiger partial charge in [-0.3, -0.25) is 20.0 Å². The fourth-order valence-corrected chi connectivity index (χ4v) is 4.79. The van der Waals surface area contributed by atoms with Gasteiger partial charge in [0.05, 0.1) is 16.8 Å². The Labute approximate surface area is 191 Å². The zero-order chi connectivity index (χ0) is 22.7. The molecule has 0 fully saturated rings. The summed E-state index contributed by atoms with van der Waals surface area (Å²) in [7, 11) is 0. The van der Waals surface area contributed by atoms with Gasteiger partial charge in [0.2, 0.25) is 0 Å². The molecule has 1 aliphatic rings. The summed E-state index contributed by atoms with van der Waals surface area (Å²) in [6.07, 6.45) is 1.31. The van der Waals surface area contributed by atoms with E-state index >= 15 is 0 Å². The molecule has 168 valence electrons. The van der Waals surface area contributed by atoms with Crippen LogP contribution < -0.4 is 5.32 Å². The predicted octanol–water partition coefficient (Wildman–Crippen LogP) is 4.34. The highest BCUT2D eigenvalue weighted by molar-refractivity contribution is 7.13. The van der Waals surface area contributed by atoms with E-state index in [9.17, 15) is 9.59 Å². The molecule has 0 aliphatic carbocycles. The van der Waals surface area contributed by atoms with Crippen LogP contribution in [0.2, 0.25) is 0 Å². The Hall–Kier alpha value is -2.84. The van der Waals surface area contributed by atoms with Crippen molar-refractivity contribution in [3.8, 4) is 0 Å². The van der Waals surface area contributed by atoms with Crippen LogP contribution in [-0.4, -0.2) is 45.9 Å². The van der Waals surface area contributed by atoms with Gasteiger partial charge in [-0.05, 0) is 32.4 Å². The van der Waals surface area contributed by atoms with E-state index in [4.69, 9.17) is 9.72 Å². The zero-order valence-corrected chi connectivity index (χ0v) is 19.5. The van der Waals surface area contributed by atoms with Crippen LogP contribution in [0, 0.1) is 6.92 Å². The molecule has 3 aromatic rings. The Bertz CT molecular complexity index is 1140. The number of fused-ring (bicyclic) bond motifs is 2. The molecule has 1 atom stereocenters. The molecule has 1 unspecified atom stereocenters. The van der Waals surface area contributed by atoms with Crippen LogP contribution in [-0.2, 0) is 22.5 Å². The molecule has 1 aromatic carbocycles. The number of hydrogen-bond acceptors (Lipinski definition) is 7. The highest BCUT2D eigenvalue weighted by Crippen LogP contribution is 2.29. The maximum absolute atomic E-state index is 13.5. The van der Waals surface area contributed by atoms with Crippen LogP contribution in [0.4, 0.5) is 5.13 Å². The molecule has 7 nitrogen and oxygen atoms in total. The Morgan fingerprint density at radius 2 is 2.06 bits per heavy atom. The first kappa shape index (κ1) is 22.4. The van der Waals surface area contributed by atoms with E-state index in [1.165, 1.54) is 11.3 Å². The SMILES string of the molecule is CCCN1CCc2nc3ccccc3c(C(=O)OC(CC)C(=O)Nc3nc(C)cs3)c2C1. The first-order valence-electron chi connectivity index (χ1n) is 11.1. The van der Waals surface area contributed by atoms with E-state index in [-0.39, 0.29) is 5.91 Å².